The summed E-state index contributed by atoms with van der Waals surface area (Å²) in [5.74, 6) is 0. The second kappa shape index (κ2) is 10.7. The van der Waals surface area contributed by atoms with Crippen LogP contribution in [0.5, 0.6) is 0 Å². The topological polar surface area (TPSA) is 0 Å². The van der Waals surface area contributed by atoms with Crippen molar-refractivity contribution in [2.75, 3.05) is 0 Å². The van der Waals surface area contributed by atoms with E-state index < -0.39 is 0 Å². The minimum Gasteiger partial charge on any atom is -0.145 e. The molecule has 0 fully saturated rings. The zero-order valence-corrected chi connectivity index (χ0v) is 26.7. The van der Waals surface area contributed by atoms with Crippen molar-refractivity contribution in [3.63, 3.8) is 0 Å². The van der Waals surface area contributed by atoms with E-state index in [-0.39, 0.29) is 0 Å². The number of hydrogen-bond donors (Lipinski definition) is 0. The van der Waals surface area contributed by atoms with Crippen LogP contribution in [-0.4, -0.2) is 0 Å². The third-order valence-corrected chi connectivity index (χ3v) is 14.1. The highest BCUT2D eigenvalue weighted by atomic mass is 32.2. The maximum Gasteiger partial charge on any atom is 0.0473 e. The molecule has 1 atom stereocenters. The van der Waals surface area contributed by atoms with E-state index in [1.807, 2.05) is 68.4 Å². The zero-order chi connectivity index (χ0) is 26.5. The summed E-state index contributed by atoms with van der Waals surface area (Å²) in [5.41, 5.74) is 3.96. The molecule has 1 aliphatic rings. The first kappa shape index (κ1) is 25.8. The molecular formula is C33H26S6. The first-order chi connectivity index (χ1) is 19.0. The van der Waals surface area contributed by atoms with Crippen molar-refractivity contribution in [2.45, 2.75) is 32.4 Å². The third kappa shape index (κ3) is 5.31. The molecule has 1 unspecified atom stereocenters. The second-order valence-corrected chi connectivity index (χ2v) is 17.1. The summed E-state index contributed by atoms with van der Waals surface area (Å²) < 4.78 is 0. The van der Waals surface area contributed by atoms with Gasteiger partial charge in [-0.25, -0.2) is 0 Å². The fourth-order valence-electron chi connectivity index (χ4n) is 4.89. The molecule has 1 aromatic carbocycles. The van der Waals surface area contributed by atoms with E-state index in [0.717, 1.165) is 6.42 Å². The SMILES string of the molecule is Cc1ccc(-c2ccc(-c3cc(C4=CCC(c5ccc(C)s5)S4)cc(-c4ccc(-c5ccc(C)s5)s4)c3)s2)s1. The van der Waals surface area contributed by atoms with E-state index in [1.54, 1.807) is 0 Å². The first-order valence-corrected chi connectivity index (χ1v) is 17.9. The van der Waals surface area contributed by atoms with E-state index in [2.05, 4.69) is 106 Å². The number of allylic oxidation sites excluding steroid dienone is 1. The average molecular weight is 615 g/mol. The van der Waals surface area contributed by atoms with Crippen molar-refractivity contribution in [2.24, 2.45) is 0 Å². The van der Waals surface area contributed by atoms with E-state index in [1.165, 1.54) is 70.4 Å². The van der Waals surface area contributed by atoms with Gasteiger partial charge in [0.15, 0.2) is 0 Å². The molecule has 7 rings (SSSR count). The maximum atomic E-state index is 2.45. The minimum absolute atomic E-state index is 0.525. The van der Waals surface area contributed by atoms with Gasteiger partial charge in [-0.1, -0.05) is 6.08 Å². The van der Waals surface area contributed by atoms with Crippen LogP contribution in [0.3, 0.4) is 0 Å². The highest BCUT2D eigenvalue weighted by Gasteiger charge is 2.23. The predicted octanol–water partition coefficient (Wildman–Crippen LogP) is 12.8. The van der Waals surface area contributed by atoms with Crippen LogP contribution in [0.25, 0.3) is 45.3 Å². The molecule has 5 aromatic heterocycles. The molecular weight excluding hydrogens is 589 g/mol. The second-order valence-electron chi connectivity index (χ2n) is 9.81. The molecule has 0 bridgehead atoms. The standard InChI is InChI=1S/C33H26S6/c1-19-4-7-28(34-19)31-13-10-25(37-31)22-16-23(26-11-14-32(38-26)29-8-5-20(2)35-29)18-24(17-22)27-12-15-33(39-27)30-9-6-21(3)36-30/h4-14,16-18,33H,15H2,1-3H3. The highest BCUT2D eigenvalue weighted by molar-refractivity contribution is 8.08. The lowest BCUT2D eigenvalue weighted by atomic mass is 10.0. The molecule has 1 aliphatic heterocycles. The largest absolute Gasteiger partial charge is 0.145 e. The van der Waals surface area contributed by atoms with Gasteiger partial charge in [0.25, 0.3) is 0 Å². The number of aryl methyl sites for hydroxylation is 3. The summed E-state index contributed by atoms with van der Waals surface area (Å²) in [7, 11) is 0. The molecule has 39 heavy (non-hydrogen) atoms. The summed E-state index contributed by atoms with van der Waals surface area (Å²) in [4.78, 5) is 15.1. The van der Waals surface area contributed by atoms with Gasteiger partial charge in [-0.15, -0.1) is 68.4 Å². The number of rotatable bonds is 6. The number of hydrogen-bond acceptors (Lipinski definition) is 6. The number of thioether (sulfide) groups is 1. The Kier molecular flexibility index (Phi) is 7.04. The van der Waals surface area contributed by atoms with Crippen molar-refractivity contribution in [3.05, 3.63) is 110 Å². The quantitative estimate of drug-likeness (QED) is 0.180. The molecule has 0 N–H and O–H groups in total. The van der Waals surface area contributed by atoms with Gasteiger partial charge >= 0.3 is 0 Å². The molecule has 0 spiro atoms. The van der Waals surface area contributed by atoms with Crippen molar-refractivity contribution in [1.29, 1.82) is 0 Å². The maximum absolute atomic E-state index is 2.45. The van der Waals surface area contributed by atoms with Crippen LogP contribution in [-0.2, 0) is 0 Å². The Balaban J connectivity index is 1.27. The van der Waals surface area contributed by atoms with Gasteiger partial charge < -0.3 is 0 Å². The fourth-order valence-corrected chi connectivity index (χ4v) is 11.1. The molecule has 6 heteroatoms. The zero-order valence-electron chi connectivity index (χ0n) is 21.8. The molecule has 0 saturated carbocycles. The third-order valence-electron chi connectivity index (χ3n) is 6.83. The van der Waals surface area contributed by atoms with E-state index in [9.17, 15) is 0 Å². The predicted molar refractivity (Wildman–Crippen MR) is 181 cm³/mol. The van der Waals surface area contributed by atoms with Crippen LogP contribution in [0.1, 0.15) is 36.7 Å². The minimum atomic E-state index is 0.525. The summed E-state index contributed by atoms with van der Waals surface area (Å²) >= 11 is 11.5. The number of benzene rings is 1. The Labute approximate surface area is 254 Å². The summed E-state index contributed by atoms with van der Waals surface area (Å²) in [5, 5.41) is 0.525. The monoisotopic (exact) mass is 614 g/mol. The van der Waals surface area contributed by atoms with Crippen molar-refractivity contribution >= 4 is 73.4 Å². The van der Waals surface area contributed by atoms with E-state index in [4.69, 9.17) is 0 Å². The molecule has 0 nitrogen and oxygen atoms in total. The molecule has 0 aliphatic carbocycles. The van der Waals surface area contributed by atoms with Gasteiger partial charge in [-0.05, 0) is 123 Å². The normalized spacial score (nSPS) is 15.3. The lowest BCUT2D eigenvalue weighted by molar-refractivity contribution is 1.02. The van der Waals surface area contributed by atoms with Gasteiger partial charge in [0.05, 0.1) is 0 Å². The molecule has 0 radical (unpaired) electrons. The Morgan fingerprint density at radius 2 is 0.949 bits per heavy atom. The van der Waals surface area contributed by atoms with Crippen LogP contribution in [0.2, 0.25) is 0 Å². The Morgan fingerprint density at radius 3 is 1.46 bits per heavy atom. The molecule has 0 amide bonds. The molecule has 0 saturated heterocycles. The van der Waals surface area contributed by atoms with Crippen molar-refractivity contribution < 1.29 is 0 Å². The first-order valence-electron chi connectivity index (χ1n) is 12.9. The summed E-state index contributed by atoms with van der Waals surface area (Å²) in [6.07, 6.45) is 3.55. The van der Waals surface area contributed by atoms with Crippen molar-refractivity contribution in [1.82, 2.24) is 0 Å². The molecule has 194 valence electrons. The van der Waals surface area contributed by atoms with Crippen LogP contribution in [0, 0.1) is 20.8 Å². The lowest BCUT2D eigenvalue weighted by Gasteiger charge is -2.11. The van der Waals surface area contributed by atoms with Gasteiger partial charge in [0.2, 0.25) is 0 Å². The highest BCUT2D eigenvalue weighted by Crippen LogP contribution is 2.51. The average Bonchev–Trinajstić information content (AvgIpc) is 3.75. The Hall–Kier alpha value is -2.19. The van der Waals surface area contributed by atoms with Gasteiger partial charge in [-0.2, -0.15) is 0 Å². The molecule has 6 aromatic rings. The number of thiophene rings is 5. The van der Waals surface area contributed by atoms with Gasteiger partial charge in [-0.3, -0.25) is 0 Å². The molecule has 6 heterocycles. The summed E-state index contributed by atoms with van der Waals surface area (Å²) in [6.45, 7) is 6.57. The smallest absolute Gasteiger partial charge is 0.0473 e. The lowest BCUT2D eigenvalue weighted by Crippen LogP contribution is -1.85. The Morgan fingerprint density at radius 1 is 0.487 bits per heavy atom. The van der Waals surface area contributed by atoms with Crippen LogP contribution >= 0.6 is 68.4 Å². The van der Waals surface area contributed by atoms with Crippen LogP contribution < -0.4 is 0 Å². The van der Waals surface area contributed by atoms with Crippen molar-refractivity contribution in [3.8, 4) is 40.4 Å². The van der Waals surface area contributed by atoms with E-state index >= 15 is 0 Å². The van der Waals surface area contributed by atoms with Gasteiger partial charge in [0.1, 0.15) is 0 Å². The van der Waals surface area contributed by atoms with Gasteiger partial charge in [0, 0.05) is 58.9 Å². The van der Waals surface area contributed by atoms with Crippen LogP contribution in [0.4, 0.5) is 0 Å². The fraction of sp³-hybridized carbons (Fsp3) is 0.152. The summed E-state index contributed by atoms with van der Waals surface area (Å²) in [6, 6.07) is 29.9. The van der Waals surface area contributed by atoms with Crippen LogP contribution in [0.15, 0.2) is 84.9 Å². The Bertz CT molecular complexity index is 1720. The van der Waals surface area contributed by atoms with E-state index in [0.29, 0.717) is 5.25 Å².